The number of nitrogens with one attached hydrogen (secondary N) is 1. The number of alkyl halides is 3. The largest absolute Gasteiger partial charge is 0.471 e. The number of aromatic nitrogens is 2. The predicted molar refractivity (Wildman–Crippen MR) is 72.3 cm³/mol. The highest BCUT2D eigenvalue weighted by Gasteiger charge is 2.38. The number of benzene rings is 1. The van der Waals surface area contributed by atoms with E-state index in [1.165, 1.54) is 12.1 Å². The van der Waals surface area contributed by atoms with E-state index in [2.05, 4.69) is 20.0 Å². The number of amides is 1. The van der Waals surface area contributed by atoms with E-state index >= 15 is 0 Å². The van der Waals surface area contributed by atoms with Crippen LogP contribution >= 0.6 is 0 Å². The minimum atomic E-state index is -4.68. The summed E-state index contributed by atoms with van der Waals surface area (Å²) in [7, 11) is 0. The van der Waals surface area contributed by atoms with Crippen molar-refractivity contribution < 1.29 is 27.2 Å². The Morgan fingerprint density at radius 2 is 2.00 bits per heavy atom. The average molecular weight is 327 g/mol. The van der Waals surface area contributed by atoms with Gasteiger partial charge in [0.25, 0.3) is 0 Å². The van der Waals surface area contributed by atoms with Crippen LogP contribution in [0.15, 0.2) is 28.8 Å². The highest BCUT2D eigenvalue weighted by atomic mass is 19.4. The fraction of sp³-hybridized carbons (Fsp3) is 0.357. The van der Waals surface area contributed by atoms with E-state index in [9.17, 15) is 18.0 Å². The van der Waals surface area contributed by atoms with Crippen molar-refractivity contribution in [1.29, 1.82) is 0 Å². The maximum Gasteiger partial charge on any atom is 0.471 e. The molecule has 1 unspecified atom stereocenters. The summed E-state index contributed by atoms with van der Waals surface area (Å²) in [5, 5.41) is 6.03. The lowest BCUT2D eigenvalue weighted by Gasteiger charge is -2.09. The molecule has 0 bridgehead atoms. The Balaban J connectivity index is 1.69. The van der Waals surface area contributed by atoms with Crippen molar-refractivity contribution in [2.24, 2.45) is 5.92 Å². The fourth-order valence-corrected chi connectivity index (χ4v) is 2.14. The number of anilines is 1. The zero-order valence-corrected chi connectivity index (χ0v) is 11.8. The standard InChI is InChI=1S/C14H12F3N3O3/c15-14(16,17)13-19-11(20-23-13)8-1-3-10(4-2-8)18-12(21)9-5-6-22-7-9/h1-4,9H,5-7H2,(H,18,21). The molecule has 1 aliphatic heterocycles. The molecule has 0 saturated carbocycles. The van der Waals surface area contributed by atoms with Gasteiger partial charge in [-0.3, -0.25) is 4.79 Å². The molecule has 1 amide bonds. The van der Waals surface area contributed by atoms with Gasteiger partial charge in [0.1, 0.15) is 0 Å². The summed E-state index contributed by atoms with van der Waals surface area (Å²) in [6.07, 6.45) is -4.00. The van der Waals surface area contributed by atoms with Crippen LogP contribution in [0.25, 0.3) is 11.4 Å². The third-order valence-corrected chi connectivity index (χ3v) is 3.38. The Labute approximate surface area is 128 Å². The molecule has 23 heavy (non-hydrogen) atoms. The summed E-state index contributed by atoms with van der Waals surface area (Å²) in [6, 6.07) is 6.14. The maximum absolute atomic E-state index is 12.4. The Morgan fingerprint density at radius 3 is 2.57 bits per heavy atom. The molecule has 1 atom stereocenters. The molecule has 6 nitrogen and oxygen atoms in total. The second kappa shape index (κ2) is 5.99. The van der Waals surface area contributed by atoms with E-state index < -0.39 is 12.1 Å². The number of hydrogen-bond acceptors (Lipinski definition) is 5. The summed E-state index contributed by atoms with van der Waals surface area (Å²) in [5.41, 5.74) is 0.886. The fourth-order valence-electron chi connectivity index (χ4n) is 2.14. The van der Waals surface area contributed by atoms with Gasteiger partial charge < -0.3 is 14.6 Å². The molecule has 1 aliphatic rings. The lowest BCUT2D eigenvalue weighted by molar-refractivity contribution is -0.159. The molecule has 1 saturated heterocycles. The Kier molecular flexibility index (Phi) is 4.03. The van der Waals surface area contributed by atoms with Crippen LogP contribution in [0.4, 0.5) is 18.9 Å². The molecule has 1 aromatic carbocycles. The topological polar surface area (TPSA) is 77.3 Å². The van der Waals surface area contributed by atoms with Gasteiger partial charge in [0.15, 0.2) is 0 Å². The van der Waals surface area contributed by atoms with E-state index in [-0.39, 0.29) is 17.6 Å². The first-order valence-electron chi connectivity index (χ1n) is 6.83. The van der Waals surface area contributed by atoms with Gasteiger partial charge in [0.05, 0.1) is 12.5 Å². The second-order valence-corrected chi connectivity index (χ2v) is 5.05. The van der Waals surface area contributed by atoms with Gasteiger partial charge in [-0.1, -0.05) is 5.16 Å². The van der Waals surface area contributed by atoms with E-state index in [0.29, 0.717) is 30.9 Å². The van der Waals surface area contributed by atoms with Crippen molar-refractivity contribution in [2.45, 2.75) is 12.6 Å². The first kappa shape index (κ1) is 15.5. The molecule has 122 valence electrons. The average Bonchev–Trinajstić information content (AvgIpc) is 3.19. The van der Waals surface area contributed by atoms with Gasteiger partial charge in [0.2, 0.25) is 11.7 Å². The number of hydrogen-bond donors (Lipinski definition) is 1. The maximum atomic E-state index is 12.4. The number of rotatable bonds is 3. The number of halogens is 3. The van der Waals surface area contributed by atoms with Gasteiger partial charge in [-0.25, -0.2) is 0 Å². The summed E-state index contributed by atoms with van der Waals surface area (Å²) >= 11 is 0. The van der Waals surface area contributed by atoms with Gasteiger partial charge in [-0.2, -0.15) is 18.2 Å². The van der Waals surface area contributed by atoms with Crippen LogP contribution in [0.1, 0.15) is 12.3 Å². The Morgan fingerprint density at radius 1 is 1.26 bits per heavy atom. The highest BCUT2D eigenvalue weighted by molar-refractivity contribution is 5.93. The lowest BCUT2D eigenvalue weighted by Crippen LogP contribution is -2.22. The minimum absolute atomic E-state index is 0.144. The molecule has 1 N–H and O–H groups in total. The van der Waals surface area contributed by atoms with Crippen LogP contribution in [0.2, 0.25) is 0 Å². The minimum Gasteiger partial charge on any atom is -0.381 e. The van der Waals surface area contributed by atoms with Crippen molar-refractivity contribution in [3.8, 4) is 11.4 Å². The SMILES string of the molecule is O=C(Nc1ccc(-c2noc(C(F)(F)F)n2)cc1)C1CCOC1. The lowest BCUT2D eigenvalue weighted by atomic mass is 10.1. The molecule has 9 heteroatoms. The quantitative estimate of drug-likeness (QED) is 0.938. The molecule has 1 aromatic heterocycles. The number of ether oxygens (including phenoxy) is 1. The molecular weight excluding hydrogens is 315 g/mol. The third kappa shape index (κ3) is 3.50. The van der Waals surface area contributed by atoms with Crippen LogP contribution in [-0.4, -0.2) is 29.3 Å². The number of nitrogens with zero attached hydrogens (tertiary/aromatic N) is 2. The zero-order valence-electron chi connectivity index (χ0n) is 11.8. The molecule has 0 aliphatic carbocycles. The van der Waals surface area contributed by atoms with E-state index in [1.54, 1.807) is 12.1 Å². The second-order valence-electron chi connectivity index (χ2n) is 5.05. The number of carbonyl (C=O) groups is 1. The van der Waals surface area contributed by atoms with Gasteiger partial charge in [0, 0.05) is 17.9 Å². The summed E-state index contributed by atoms with van der Waals surface area (Å²) < 4.78 is 46.6. The normalized spacial score (nSPS) is 18.1. The van der Waals surface area contributed by atoms with Crippen LogP contribution in [0, 0.1) is 5.92 Å². The van der Waals surface area contributed by atoms with Crippen LogP contribution in [0.3, 0.4) is 0 Å². The van der Waals surface area contributed by atoms with Crippen molar-refractivity contribution >= 4 is 11.6 Å². The Hall–Kier alpha value is -2.42. The molecule has 1 fully saturated rings. The molecular formula is C14H12F3N3O3. The first-order valence-corrected chi connectivity index (χ1v) is 6.83. The molecule has 3 rings (SSSR count). The predicted octanol–water partition coefficient (Wildman–Crippen LogP) is 2.73. The molecule has 0 radical (unpaired) electrons. The number of carbonyl (C=O) groups excluding carboxylic acids is 1. The van der Waals surface area contributed by atoms with Crippen molar-refractivity contribution in [3.63, 3.8) is 0 Å². The zero-order chi connectivity index (χ0) is 16.4. The summed E-state index contributed by atoms with van der Waals surface area (Å²) in [6.45, 7) is 0.962. The van der Waals surface area contributed by atoms with Crippen molar-refractivity contribution in [1.82, 2.24) is 10.1 Å². The van der Waals surface area contributed by atoms with Crippen LogP contribution in [0.5, 0.6) is 0 Å². The van der Waals surface area contributed by atoms with Crippen molar-refractivity contribution in [3.05, 3.63) is 30.2 Å². The van der Waals surface area contributed by atoms with Crippen molar-refractivity contribution in [2.75, 3.05) is 18.5 Å². The third-order valence-electron chi connectivity index (χ3n) is 3.38. The van der Waals surface area contributed by atoms with Gasteiger partial charge in [-0.05, 0) is 30.7 Å². The monoisotopic (exact) mass is 327 g/mol. The summed E-state index contributed by atoms with van der Waals surface area (Å²) in [4.78, 5) is 15.2. The smallest absolute Gasteiger partial charge is 0.381 e. The summed E-state index contributed by atoms with van der Waals surface area (Å²) in [5.74, 6) is -1.89. The molecule has 2 aromatic rings. The van der Waals surface area contributed by atoms with Crippen LogP contribution < -0.4 is 5.32 Å². The van der Waals surface area contributed by atoms with E-state index in [4.69, 9.17) is 4.74 Å². The van der Waals surface area contributed by atoms with Crippen LogP contribution in [-0.2, 0) is 15.7 Å². The van der Waals surface area contributed by atoms with Gasteiger partial charge >= 0.3 is 12.1 Å². The van der Waals surface area contributed by atoms with Gasteiger partial charge in [-0.15, -0.1) is 0 Å². The Bertz CT molecular complexity index is 691. The molecule has 2 heterocycles. The first-order chi connectivity index (χ1) is 10.9. The highest BCUT2D eigenvalue weighted by Crippen LogP contribution is 2.29. The van der Waals surface area contributed by atoms with E-state index in [0.717, 1.165) is 0 Å². The van der Waals surface area contributed by atoms with E-state index in [1.807, 2.05) is 0 Å². The molecule has 0 spiro atoms.